The van der Waals surface area contributed by atoms with Gasteiger partial charge >= 0.3 is 0 Å². The van der Waals surface area contributed by atoms with Crippen LogP contribution in [0.5, 0.6) is 0 Å². The van der Waals surface area contributed by atoms with Gasteiger partial charge in [-0.1, -0.05) is 30.3 Å². The Kier molecular flexibility index (Phi) is 6.40. The van der Waals surface area contributed by atoms with E-state index in [0.717, 1.165) is 38.9 Å². The first-order valence-corrected chi connectivity index (χ1v) is 9.59. The molecule has 0 saturated carbocycles. The van der Waals surface area contributed by atoms with Crippen molar-refractivity contribution in [1.29, 1.82) is 0 Å². The summed E-state index contributed by atoms with van der Waals surface area (Å²) >= 11 is 0. The average Bonchev–Trinajstić information content (AvgIpc) is 2.69. The number of amides is 1. The van der Waals surface area contributed by atoms with Crippen LogP contribution in [0.2, 0.25) is 0 Å². The number of nitrogens with zero attached hydrogens (tertiary/aromatic N) is 4. The van der Waals surface area contributed by atoms with E-state index in [-0.39, 0.29) is 11.5 Å². The summed E-state index contributed by atoms with van der Waals surface area (Å²) in [4.78, 5) is 28.9. The lowest BCUT2D eigenvalue weighted by Gasteiger charge is -2.33. The minimum absolute atomic E-state index is 0.0968. The molecule has 0 radical (unpaired) electrons. The van der Waals surface area contributed by atoms with Gasteiger partial charge in [0.05, 0.1) is 0 Å². The van der Waals surface area contributed by atoms with Gasteiger partial charge in [0.15, 0.2) is 0 Å². The molecule has 6 nitrogen and oxygen atoms in total. The Labute approximate surface area is 160 Å². The maximum absolute atomic E-state index is 13.1. The fourth-order valence-corrected chi connectivity index (χ4v) is 3.52. The minimum Gasteiger partial charge on any atom is -0.337 e. The molecule has 2 aromatic rings. The molecule has 3 rings (SSSR count). The molecule has 1 aliphatic rings. The van der Waals surface area contributed by atoms with E-state index in [9.17, 15) is 9.59 Å². The predicted molar refractivity (Wildman–Crippen MR) is 106 cm³/mol. The molecule has 0 unspecified atom stereocenters. The van der Waals surface area contributed by atoms with Gasteiger partial charge in [-0.2, -0.15) is 5.10 Å². The van der Waals surface area contributed by atoms with Crippen LogP contribution in [0.3, 0.4) is 0 Å². The van der Waals surface area contributed by atoms with Crippen molar-refractivity contribution in [2.45, 2.75) is 19.3 Å². The first-order chi connectivity index (χ1) is 13.0. The molecule has 1 amide bonds. The highest BCUT2D eigenvalue weighted by Gasteiger charge is 2.24. The van der Waals surface area contributed by atoms with E-state index < -0.39 is 0 Å². The second kappa shape index (κ2) is 8.95. The van der Waals surface area contributed by atoms with Crippen LogP contribution >= 0.6 is 0 Å². The lowest BCUT2D eigenvalue weighted by molar-refractivity contribution is 0.0692. The summed E-state index contributed by atoms with van der Waals surface area (Å²) in [5.74, 6) is 0.411. The molecule has 0 bridgehead atoms. The number of carbonyl (C=O) groups excluding carboxylic acids is 1. The van der Waals surface area contributed by atoms with Crippen LogP contribution in [-0.2, 0) is 13.5 Å². The Hall–Kier alpha value is -2.47. The molecule has 1 fully saturated rings. The number of aryl methyl sites for hydroxylation is 1. The van der Waals surface area contributed by atoms with Crippen molar-refractivity contribution in [2.75, 3.05) is 33.2 Å². The molecule has 144 valence electrons. The van der Waals surface area contributed by atoms with Gasteiger partial charge in [-0.15, -0.1) is 0 Å². The summed E-state index contributed by atoms with van der Waals surface area (Å²) in [5.41, 5.74) is 1.34. The molecule has 6 heteroatoms. The van der Waals surface area contributed by atoms with Gasteiger partial charge in [-0.25, -0.2) is 4.68 Å². The van der Waals surface area contributed by atoms with E-state index in [2.05, 4.69) is 29.2 Å². The van der Waals surface area contributed by atoms with Gasteiger partial charge in [0, 0.05) is 26.2 Å². The summed E-state index contributed by atoms with van der Waals surface area (Å²) in [6.45, 7) is 3.54. The normalized spacial score (nSPS) is 15.6. The Morgan fingerprint density at radius 3 is 2.48 bits per heavy atom. The maximum atomic E-state index is 13.1. The SMILES string of the molecule is CN1CCC(CN(CCc2ccccc2)C(=O)c2ccc(=O)n(C)n2)CC1. The van der Waals surface area contributed by atoms with Crippen molar-refractivity contribution < 1.29 is 4.79 Å². The molecule has 0 spiro atoms. The number of rotatable bonds is 6. The monoisotopic (exact) mass is 368 g/mol. The van der Waals surface area contributed by atoms with Crippen LogP contribution in [0.4, 0.5) is 0 Å². The second-order valence-electron chi connectivity index (χ2n) is 7.41. The van der Waals surface area contributed by atoms with Crippen molar-refractivity contribution in [2.24, 2.45) is 13.0 Å². The zero-order valence-electron chi connectivity index (χ0n) is 16.2. The van der Waals surface area contributed by atoms with Crippen LogP contribution in [0.15, 0.2) is 47.3 Å². The van der Waals surface area contributed by atoms with Crippen molar-refractivity contribution in [3.8, 4) is 0 Å². The smallest absolute Gasteiger partial charge is 0.274 e. The Morgan fingerprint density at radius 2 is 1.81 bits per heavy atom. The molecular formula is C21H28N4O2. The number of likely N-dealkylation sites (tertiary alicyclic amines) is 1. The van der Waals surface area contributed by atoms with Gasteiger partial charge in [-0.05, 0) is 56.9 Å². The molecule has 27 heavy (non-hydrogen) atoms. The third-order valence-corrected chi connectivity index (χ3v) is 5.30. The first-order valence-electron chi connectivity index (χ1n) is 9.59. The van der Waals surface area contributed by atoms with Gasteiger partial charge in [0.1, 0.15) is 5.69 Å². The summed E-state index contributed by atoms with van der Waals surface area (Å²) in [6.07, 6.45) is 3.02. The molecule has 1 aromatic heterocycles. The van der Waals surface area contributed by atoms with E-state index in [1.54, 1.807) is 7.05 Å². The third kappa shape index (κ3) is 5.26. The second-order valence-corrected chi connectivity index (χ2v) is 7.41. The summed E-state index contributed by atoms with van der Waals surface area (Å²) in [5, 5.41) is 4.16. The van der Waals surface area contributed by atoms with Crippen molar-refractivity contribution in [3.63, 3.8) is 0 Å². The van der Waals surface area contributed by atoms with Gasteiger partial charge < -0.3 is 9.80 Å². The highest BCUT2D eigenvalue weighted by molar-refractivity contribution is 5.92. The van der Waals surface area contributed by atoms with Crippen LogP contribution in [0.1, 0.15) is 28.9 Å². The molecule has 0 N–H and O–H groups in total. The number of hydrogen-bond donors (Lipinski definition) is 0. The highest BCUT2D eigenvalue weighted by atomic mass is 16.2. The van der Waals surface area contributed by atoms with E-state index in [1.165, 1.54) is 22.4 Å². The lowest BCUT2D eigenvalue weighted by atomic mass is 9.96. The summed E-state index contributed by atoms with van der Waals surface area (Å²) in [6, 6.07) is 13.2. The lowest BCUT2D eigenvalue weighted by Crippen LogP contribution is -2.41. The zero-order valence-corrected chi connectivity index (χ0v) is 16.2. The van der Waals surface area contributed by atoms with Crippen molar-refractivity contribution in [1.82, 2.24) is 19.6 Å². The van der Waals surface area contributed by atoms with Gasteiger partial charge in [-0.3, -0.25) is 9.59 Å². The summed E-state index contributed by atoms with van der Waals surface area (Å²) in [7, 11) is 3.72. The van der Waals surface area contributed by atoms with Crippen LogP contribution in [0.25, 0.3) is 0 Å². The van der Waals surface area contributed by atoms with Crippen LogP contribution in [0, 0.1) is 5.92 Å². The molecular weight excluding hydrogens is 340 g/mol. The molecule has 0 aliphatic carbocycles. The predicted octanol–water partition coefficient (Wildman–Crippen LogP) is 1.81. The van der Waals surface area contributed by atoms with Gasteiger partial charge in [0.2, 0.25) is 0 Å². The number of aromatic nitrogens is 2. The third-order valence-electron chi connectivity index (χ3n) is 5.30. The van der Waals surface area contributed by atoms with Crippen molar-refractivity contribution in [3.05, 3.63) is 64.1 Å². The highest BCUT2D eigenvalue weighted by Crippen LogP contribution is 2.18. The molecule has 1 aromatic carbocycles. The van der Waals surface area contributed by atoms with Gasteiger partial charge in [0.25, 0.3) is 11.5 Å². The topological polar surface area (TPSA) is 58.4 Å². The fraction of sp³-hybridized carbons (Fsp3) is 0.476. The van der Waals surface area contributed by atoms with Crippen LogP contribution < -0.4 is 5.56 Å². The van der Waals surface area contributed by atoms with E-state index >= 15 is 0 Å². The Balaban J connectivity index is 1.74. The van der Waals surface area contributed by atoms with Crippen molar-refractivity contribution >= 4 is 5.91 Å². The molecule has 0 atom stereocenters. The number of hydrogen-bond acceptors (Lipinski definition) is 4. The first kappa shape index (κ1) is 19.3. The van der Waals surface area contributed by atoms with E-state index in [0.29, 0.717) is 18.2 Å². The largest absolute Gasteiger partial charge is 0.337 e. The zero-order chi connectivity index (χ0) is 19.2. The standard InChI is InChI=1S/C21H28N4O2/c1-23-13-10-18(11-14-23)16-25(15-12-17-6-4-3-5-7-17)21(27)19-8-9-20(26)24(2)22-19/h3-9,18H,10-16H2,1-2H3. The number of piperidine rings is 1. The minimum atomic E-state index is -0.210. The number of carbonyl (C=O) groups is 1. The maximum Gasteiger partial charge on any atom is 0.274 e. The number of benzene rings is 1. The average molecular weight is 368 g/mol. The Morgan fingerprint density at radius 1 is 1.11 bits per heavy atom. The molecule has 1 saturated heterocycles. The molecule has 2 heterocycles. The molecule has 1 aliphatic heterocycles. The Bertz CT molecular complexity index is 810. The van der Waals surface area contributed by atoms with Crippen LogP contribution in [-0.4, -0.2) is 58.7 Å². The van der Waals surface area contributed by atoms with E-state index in [4.69, 9.17) is 0 Å². The summed E-state index contributed by atoms with van der Waals surface area (Å²) < 4.78 is 1.22. The van der Waals surface area contributed by atoms with E-state index in [1.807, 2.05) is 23.1 Å². The quantitative estimate of drug-likeness (QED) is 0.780. The fourth-order valence-electron chi connectivity index (χ4n) is 3.52.